The molecule has 1 aromatic carbocycles. The second-order valence-corrected chi connectivity index (χ2v) is 6.99. The van der Waals surface area contributed by atoms with Crippen LogP contribution in [-0.2, 0) is 0 Å². The maximum atomic E-state index is 12.5. The molecule has 1 aromatic heterocycles. The summed E-state index contributed by atoms with van der Waals surface area (Å²) in [4.78, 5) is 23.3. The van der Waals surface area contributed by atoms with Gasteiger partial charge in [-0.3, -0.25) is 4.79 Å². The van der Waals surface area contributed by atoms with Gasteiger partial charge in [-0.2, -0.15) is 0 Å². The van der Waals surface area contributed by atoms with E-state index in [0.29, 0.717) is 5.69 Å². The molecule has 1 aliphatic rings. The first kappa shape index (κ1) is 16.9. The molecule has 1 aliphatic heterocycles. The fourth-order valence-electron chi connectivity index (χ4n) is 2.90. The first-order valence-corrected chi connectivity index (χ1v) is 9.07. The van der Waals surface area contributed by atoms with Gasteiger partial charge in [0.1, 0.15) is 17.8 Å². The van der Waals surface area contributed by atoms with E-state index in [4.69, 9.17) is 0 Å². The van der Waals surface area contributed by atoms with Crippen molar-refractivity contribution in [3.8, 4) is 0 Å². The molecule has 0 unspecified atom stereocenters. The van der Waals surface area contributed by atoms with Gasteiger partial charge in [0.15, 0.2) is 0 Å². The Balaban J connectivity index is 1.76. The number of carbonyl (C=O) groups is 1. The standard InChI is InChI=1S/C18H21BrN4O/c1-13-10-14(19)6-7-15(13)22-18(24)16-11-17(21-12-20-16)23-8-4-2-3-5-9-23/h6-7,10-12H,2-5,8-9H2,1H3,(H,22,24). The molecule has 3 rings (SSSR count). The molecular weight excluding hydrogens is 368 g/mol. The number of rotatable bonds is 3. The number of anilines is 2. The van der Waals surface area contributed by atoms with E-state index in [1.807, 2.05) is 25.1 Å². The molecule has 1 N–H and O–H groups in total. The largest absolute Gasteiger partial charge is 0.357 e. The van der Waals surface area contributed by atoms with Crippen molar-refractivity contribution in [3.63, 3.8) is 0 Å². The highest BCUT2D eigenvalue weighted by atomic mass is 79.9. The Morgan fingerprint density at radius 3 is 2.58 bits per heavy atom. The van der Waals surface area contributed by atoms with Gasteiger partial charge in [-0.25, -0.2) is 9.97 Å². The Bertz CT molecular complexity index is 727. The monoisotopic (exact) mass is 388 g/mol. The van der Waals surface area contributed by atoms with Crippen LogP contribution in [0.4, 0.5) is 11.5 Å². The summed E-state index contributed by atoms with van der Waals surface area (Å²) in [6, 6.07) is 7.55. The van der Waals surface area contributed by atoms with Crippen LogP contribution in [-0.4, -0.2) is 29.0 Å². The molecule has 1 amide bonds. The third-order valence-electron chi connectivity index (χ3n) is 4.25. The fraction of sp³-hybridized carbons (Fsp3) is 0.389. The average molecular weight is 389 g/mol. The van der Waals surface area contributed by atoms with Crippen LogP contribution in [0.1, 0.15) is 41.7 Å². The normalized spacial score (nSPS) is 15.0. The summed E-state index contributed by atoms with van der Waals surface area (Å²) in [5, 5.41) is 2.93. The number of benzene rings is 1. The molecule has 2 aromatic rings. The molecule has 6 heteroatoms. The molecule has 0 spiro atoms. The molecule has 0 saturated carbocycles. The number of hydrogen-bond acceptors (Lipinski definition) is 4. The maximum absolute atomic E-state index is 12.5. The maximum Gasteiger partial charge on any atom is 0.274 e. The van der Waals surface area contributed by atoms with E-state index in [9.17, 15) is 4.79 Å². The zero-order valence-corrected chi connectivity index (χ0v) is 15.3. The van der Waals surface area contributed by atoms with E-state index in [-0.39, 0.29) is 5.91 Å². The third-order valence-corrected chi connectivity index (χ3v) is 4.75. The summed E-state index contributed by atoms with van der Waals surface area (Å²) in [6.07, 6.45) is 6.34. The summed E-state index contributed by atoms with van der Waals surface area (Å²) in [7, 11) is 0. The lowest BCUT2D eigenvalue weighted by molar-refractivity contribution is 0.102. The van der Waals surface area contributed by atoms with Gasteiger partial charge in [0.25, 0.3) is 5.91 Å². The van der Waals surface area contributed by atoms with Crippen molar-refractivity contribution in [2.75, 3.05) is 23.3 Å². The zero-order chi connectivity index (χ0) is 16.9. The predicted molar refractivity (Wildman–Crippen MR) is 99.5 cm³/mol. The van der Waals surface area contributed by atoms with Crippen molar-refractivity contribution < 1.29 is 4.79 Å². The van der Waals surface area contributed by atoms with Gasteiger partial charge >= 0.3 is 0 Å². The molecular formula is C18H21BrN4O. The number of amides is 1. The smallest absolute Gasteiger partial charge is 0.274 e. The van der Waals surface area contributed by atoms with Crippen molar-refractivity contribution >= 4 is 33.3 Å². The number of carbonyl (C=O) groups excluding carboxylic acids is 1. The van der Waals surface area contributed by atoms with Gasteiger partial charge in [-0.15, -0.1) is 0 Å². The number of halogens is 1. The Labute approximate surface area is 150 Å². The lowest BCUT2D eigenvalue weighted by Gasteiger charge is -2.21. The lowest BCUT2D eigenvalue weighted by Crippen LogP contribution is -2.25. The van der Waals surface area contributed by atoms with Crippen LogP contribution >= 0.6 is 15.9 Å². The minimum Gasteiger partial charge on any atom is -0.357 e. The van der Waals surface area contributed by atoms with Crippen LogP contribution in [0.5, 0.6) is 0 Å². The summed E-state index contributed by atoms with van der Waals surface area (Å²) >= 11 is 3.43. The molecule has 0 radical (unpaired) electrons. The van der Waals surface area contributed by atoms with Crippen LogP contribution in [0.25, 0.3) is 0 Å². The fourth-order valence-corrected chi connectivity index (χ4v) is 3.37. The minimum atomic E-state index is -0.209. The van der Waals surface area contributed by atoms with Gasteiger partial charge in [0, 0.05) is 29.3 Å². The third kappa shape index (κ3) is 4.12. The highest BCUT2D eigenvalue weighted by Crippen LogP contribution is 2.21. The van der Waals surface area contributed by atoms with Crippen LogP contribution in [0.2, 0.25) is 0 Å². The molecule has 1 fully saturated rings. The Morgan fingerprint density at radius 2 is 1.88 bits per heavy atom. The number of nitrogens with zero attached hydrogens (tertiary/aromatic N) is 3. The summed E-state index contributed by atoms with van der Waals surface area (Å²) in [5.74, 6) is 0.628. The molecule has 0 atom stereocenters. The van der Waals surface area contributed by atoms with E-state index in [0.717, 1.165) is 34.6 Å². The summed E-state index contributed by atoms with van der Waals surface area (Å²) in [5.41, 5.74) is 2.18. The van der Waals surface area contributed by atoms with E-state index >= 15 is 0 Å². The van der Waals surface area contributed by atoms with Crippen molar-refractivity contribution in [2.24, 2.45) is 0 Å². The van der Waals surface area contributed by atoms with E-state index < -0.39 is 0 Å². The number of hydrogen-bond donors (Lipinski definition) is 1. The van der Waals surface area contributed by atoms with Gasteiger partial charge in [-0.05, 0) is 43.5 Å². The van der Waals surface area contributed by atoms with Crippen LogP contribution < -0.4 is 10.2 Å². The average Bonchev–Trinajstić information content (AvgIpc) is 2.87. The van der Waals surface area contributed by atoms with E-state index in [2.05, 4.69) is 36.1 Å². The number of nitrogens with one attached hydrogen (secondary N) is 1. The zero-order valence-electron chi connectivity index (χ0n) is 13.8. The highest BCUT2D eigenvalue weighted by molar-refractivity contribution is 9.10. The Hall–Kier alpha value is -1.95. The molecule has 0 aliphatic carbocycles. The second kappa shape index (κ2) is 7.75. The number of aryl methyl sites for hydroxylation is 1. The molecule has 1 saturated heterocycles. The first-order valence-electron chi connectivity index (χ1n) is 8.28. The highest BCUT2D eigenvalue weighted by Gasteiger charge is 2.15. The number of aromatic nitrogens is 2. The topological polar surface area (TPSA) is 58.1 Å². The molecule has 5 nitrogen and oxygen atoms in total. The first-order chi connectivity index (χ1) is 11.6. The van der Waals surface area contributed by atoms with Gasteiger partial charge < -0.3 is 10.2 Å². The minimum absolute atomic E-state index is 0.209. The summed E-state index contributed by atoms with van der Waals surface area (Å²) in [6.45, 7) is 3.94. The van der Waals surface area contributed by atoms with Crippen molar-refractivity contribution in [1.29, 1.82) is 0 Å². The van der Waals surface area contributed by atoms with Crippen LogP contribution in [0.15, 0.2) is 35.1 Å². The van der Waals surface area contributed by atoms with Crippen molar-refractivity contribution in [2.45, 2.75) is 32.6 Å². The van der Waals surface area contributed by atoms with E-state index in [1.165, 1.54) is 32.0 Å². The lowest BCUT2D eigenvalue weighted by atomic mass is 10.2. The predicted octanol–water partition coefficient (Wildman–Crippen LogP) is 4.18. The second-order valence-electron chi connectivity index (χ2n) is 6.08. The molecule has 126 valence electrons. The molecule has 24 heavy (non-hydrogen) atoms. The Kier molecular flexibility index (Phi) is 5.45. The van der Waals surface area contributed by atoms with Crippen LogP contribution in [0.3, 0.4) is 0 Å². The van der Waals surface area contributed by atoms with Gasteiger partial charge in [0.05, 0.1) is 0 Å². The van der Waals surface area contributed by atoms with Gasteiger partial charge in [0.2, 0.25) is 0 Å². The summed E-state index contributed by atoms with van der Waals surface area (Å²) < 4.78 is 0.989. The van der Waals surface area contributed by atoms with Gasteiger partial charge in [-0.1, -0.05) is 28.8 Å². The molecule has 0 bridgehead atoms. The molecule has 2 heterocycles. The Morgan fingerprint density at radius 1 is 1.12 bits per heavy atom. The van der Waals surface area contributed by atoms with Crippen molar-refractivity contribution in [1.82, 2.24) is 9.97 Å². The van der Waals surface area contributed by atoms with Crippen LogP contribution in [0, 0.1) is 6.92 Å². The van der Waals surface area contributed by atoms with E-state index in [1.54, 1.807) is 6.07 Å². The SMILES string of the molecule is Cc1cc(Br)ccc1NC(=O)c1cc(N2CCCCCC2)ncn1. The van der Waals surface area contributed by atoms with Crippen molar-refractivity contribution in [3.05, 3.63) is 46.3 Å². The quantitative estimate of drug-likeness (QED) is 0.856.